The molecule has 1 atom stereocenters. The number of likely N-dealkylation sites (tertiary alicyclic amines) is 1. The van der Waals surface area contributed by atoms with E-state index in [1.807, 2.05) is 0 Å². The molecule has 134 valence electrons. The summed E-state index contributed by atoms with van der Waals surface area (Å²) in [5.74, 6) is 0.446. The molecule has 6 nitrogen and oxygen atoms in total. The first-order chi connectivity index (χ1) is 12.7. The van der Waals surface area contributed by atoms with Crippen molar-refractivity contribution in [3.63, 3.8) is 0 Å². The maximum atomic E-state index is 12.3. The lowest BCUT2D eigenvalue weighted by Crippen LogP contribution is -2.34. The molecule has 0 bridgehead atoms. The highest BCUT2D eigenvalue weighted by atomic mass is 16.1. The van der Waals surface area contributed by atoms with Gasteiger partial charge in [0.05, 0.1) is 0 Å². The topological polar surface area (TPSA) is 62.5 Å². The van der Waals surface area contributed by atoms with E-state index in [-0.39, 0.29) is 5.91 Å². The molecule has 0 spiro atoms. The summed E-state index contributed by atoms with van der Waals surface area (Å²) in [5.41, 5.74) is 3.91. The SMILES string of the molecule is Cc1ccccc1[C@H]1CCN(CCNC(=O)c2cc3ncccn3n2)C1. The Hall–Kier alpha value is -2.73. The van der Waals surface area contributed by atoms with Gasteiger partial charge < -0.3 is 10.2 Å². The zero-order valence-corrected chi connectivity index (χ0v) is 14.9. The average Bonchev–Trinajstić information content (AvgIpc) is 3.29. The lowest BCUT2D eigenvalue weighted by molar-refractivity contribution is 0.0944. The summed E-state index contributed by atoms with van der Waals surface area (Å²) < 4.78 is 1.61. The maximum Gasteiger partial charge on any atom is 0.271 e. The molecule has 0 radical (unpaired) electrons. The minimum absolute atomic E-state index is 0.148. The second-order valence-electron chi connectivity index (χ2n) is 6.85. The lowest BCUT2D eigenvalue weighted by Gasteiger charge is -2.17. The second-order valence-corrected chi connectivity index (χ2v) is 6.85. The minimum Gasteiger partial charge on any atom is -0.349 e. The lowest BCUT2D eigenvalue weighted by atomic mass is 9.94. The van der Waals surface area contributed by atoms with Crippen LogP contribution in [0.5, 0.6) is 0 Å². The van der Waals surface area contributed by atoms with Crippen LogP contribution in [-0.2, 0) is 0 Å². The maximum absolute atomic E-state index is 12.3. The third kappa shape index (κ3) is 3.46. The van der Waals surface area contributed by atoms with E-state index < -0.39 is 0 Å². The van der Waals surface area contributed by atoms with E-state index in [1.54, 1.807) is 29.0 Å². The Kier molecular flexibility index (Phi) is 4.67. The van der Waals surface area contributed by atoms with Gasteiger partial charge >= 0.3 is 0 Å². The van der Waals surface area contributed by atoms with Crippen LogP contribution in [0.15, 0.2) is 48.8 Å². The molecule has 6 heteroatoms. The Bertz CT molecular complexity index is 886. The Balaban J connectivity index is 1.28. The molecule has 1 aliphatic heterocycles. The van der Waals surface area contributed by atoms with Gasteiger partial charge in [0.1, 0.15) is 0 Å². The molecule has 1 aromatic carbocycles. The number of aryl methyl sites for hydroxylation is 1. The highest BCUT2D eigenvalue weighted by Crippen LogP contribution is 2.28. The van der Waals surface area contributed by atoms with Gasteiger partial charge in [-0.3, -0.25) is 4.79 Å². The molecule has 2 aromatic heterocycles. The quantitative estimate of drug-likeness (QED) is 0.767. The number of hydrogen-bond acceptors (Lipinski definition) is 4. The summed E-state index contributed by atoms with van der Waals surface area (Å²) in [6.45, 7) is 5.80. The minimum atomic E-state index is -0.148. The van der Waals surface area contributed by atoms with Crippen LogP contribution in [0.3, 0.4) is 0 Å². The highest BCUT2D eigenvalue weighted by molar-refractivity contribution is 5.93. The van der Waals surface area contributed by atoms with Gasteiger partial charge in [-0.05, 0) is 43.0 Å². The van der Waals surface area contributed by atoms with E-state index in [0.717, 1.165) is 19.6 Å². The molecule has 1 amide bonds. The van der Waals surface area contributed by atoms with E-state index in [2.05, 4.69) is 51.5 Å². The summed E-state index contributed by atoms with van der Waals surface area (Å²) in [4.78, 5) is 18.9. The number of amides is 1. The van der Waals surface area contributed by atoms with Gasteiger partial charge in [-0.1, -0.05) is 24.3 Å². The molecule has 0 aliphatic carbocycles. The first-order valence-corrected chi connectivity index (χ1v) is 9.07. The van der Waals surface area contributed by atoms with Crippen LogP contribution in [0.25, 0.3) is 5.65 Å². The Labute approximate surface area is 152 Å². The summed E-state index contributed by atoms with van der Waals surface area (Å²) in [7, 11) is 0. The predicted molar refractivity (Wildman–Crippen MR) is 100 cm³/mol. The number of rotatable bonds is 5. The monoisotopic (exact) mass is 349 g/mol. The van der Waals surface area contributed by atoms with Crippen LogP contribution in [0.2, 0.25) is 0 Å². The fourth-order valence-electron chi connectivity index (χ4n) is 3.69. The Morgan fingerprint density at radius 1 is 1.31 bits per heavy atom. The van der Waals surface area contributed by atoms with Crippen LogP contribution in [0.4, 0.5) is 0 Å². The van der Waals surface area contributed by atoms with E-state index in [1.165, 1.54) is 17.5 Å². The molecule has 3 heterocycles. The summed E-state index contributed by atoms with van der Waals surface area (Å²) in [6, 6.07) is 12.1. The van der Waals surface area contributed by atoms with Crippen molar-refractivity contribution in [3.05, 3.63) is 65.6 Å². The molecular weight excluding hydrogens is 326 g/mol. The first-order valence-electron chi connectivity index (χ1n) is 9.07. The number of aromatic nitrogens is 3. The van der Waals surface area contributed by atoms with Gasteiger partial charge in [0.25, 0.3) is 5.91 Å². The van der Waals surface area contributed by atoms with Crippen LogP contribution in [0.1, 0.15) is 34.0 Å². The molecule has 3 aromatic rings. The number of nitrogens with one attached hydrogen (secondary N) is 1. The molecule has 26 heavy (non-hydrogen) atoms. The molecule has 1 aliphatic rings. The van der Waals surface area contributed by atoms with Crippen molar-refractivity contribution in [1.29, 1.82) is 0 Å². The second kappa shape index (κ2) is 7.25. The molecule has 1 saturated heterocycles. The van der Waals surface area contributed by atoms with Crippen LogP contribution in [0, 0.1) is 6.92 Å². The van der Waals surface area contributed by atoms with E-state index >= 15 is 0 Å². The Morgan fingerprint density at radius 3 is 3.04 bits per heavy atom. The normalized spacial score (nSPS) is 17.7. The van der Waals surface area contributed by atoms with Crippen LogP contribution in [-0.4, -0.2) is 51.6 Å². The fraction of sp³-hybridized carbons (Fsp3) is 0.350. The van der Waals surface area contributed by atoms with Gasteiger partial charge in [0.2, 0.25) is 0 Å². The molecule has 1 fully saturated rings. The zero-order valence-electron chi connectivity index (χ0n) is 14.9. The van der Waals surface area contributed by atoms with Crippen molar-refractivity contribution in [2.75, 3.05) is 26.2 Å². The van der Waals surface area contributed by atoms with E-state index in [0.29, 0.717) is 23.8 Å². The van der Waals surface area contributed by atoms with Gasteiger partial charge in [-0.2, -0.15) is 5.10 Å². The van der Waals surface area contributed by atoms with Crippen LogP contribution < -0.4 is 5.32 Å². The van der Waals surface area contributed by atoms with Gasteiger partial charge in [-0.15, -0.1) is 0 Å². The van der Waals surface area contributed by atoms with Crippen molar-refractivity contribution in [1.82, 2.24) is 24.8 Å². The van der Waals surface area contributed by atoms with Crippen molar-refractivity contribution in [2.24, 2.45) is 0 Å². The smallest absolute Gasteiger partial charge is 0.271 e. The van der Waals surface area contributed by atoms with Crippen molar-refractivity contribution >= 4 is 11.6 Å². The van der Waals surface area contributed by atoms with Gasteiger partial charge in [0, 0.05) is 38.1 Å². The molecule has 0 unspecified atom stereocenters. The van der Waals surface area contributed by atoms with Crippen molar-refractivity contribution < 1.29 is 4.79 Å². The number of carbonyl (C=O) groups excluding carboxylic acids is 1. The summed E-state index contributed by atoms with van der Waals surface area (Å²) in [6.07, 6.45) is 4.66. The third-order valence-corrected chi connectivity index (χ3v) is 5.08. The van der Waals surface area contributed by atoms with Crippen molar-refractivity contribution in [3.8, 4) is 0 Å². The molecular formula is C20H23N5O. The number of carbonyl (C=O) groups is 1. The van der Waals surface area contributed by atoms with Gasteiger partial charge in [-0.25, -0.2) is 9.50 Å². The first kappa shape index (κ1) is 16.7. The standard InChI is InChI=1S/C20H23N5O/c1-15-5-2-3-6-17(15)16-7-11-24(14-16)12-9-22-20(26)18-13-19-21-8-4-10-25(19)23-18/h2-6,8,10,13,16H,7,9,11-12,14H2,1H3,(H,22,26)/t16-/m0/s1. The van der Waals surface area contributed by atoms with E-state index in [9.17, 15) is 4.79 Å². The van der Waals surface area contributed by atoms with E-state index in [4.69, 9.17) is 0 Å². The fourth-order valence-corrected chi connectivity index (χ4v) is 3.69. The molecule has 1 N–H and O–H groups in total. The average molecular weight is 349 g/mol. The van der Waals surface area contributed by atoms with Crippen molar-refractivity contribution in [2.45, 2.75) is 19.3 Å². The summed E-state index contributed by atoms with van der Waals surface area (Å²) in [5, 5.41) is 7.22. The third-order valence-electron chi connectivity index (χ3n) is 5.08. The van der Waals surface area contributed by atoms with Gasteiger partial charge in [0.15, 0.2) is 11.3 Å². The van der Waals surface area contributed by atoms with Crippen LogP contribution >= 0.6 is 0 Å². The number of nitrogens with zero attached hydrogens (tertiary/aromatic N) is 4. The summed E-state index contributed by atoms with van der Waals surface area (Å²) >= 11 is 0. The predicted octanol–water partition coefficient (Wildman–Crippen LogP) is 2.26. The number of benzene rings is 1. The molecule has 4 rings (SSSR count). The largest absolute Gasteiger partial charge is 0.349 e. The number of fused-ring (bicyclic) bond motifs is 1. The number of hydrogen-bond donors (Lipinski definition) is 1. The highest BCUT2D eigenvalue weighted by Gasteiger charge is 2.24. The zero-order chi connectivity index (χ0) is 17.9. The Morgan fingerprint density at radius 2 is 2.19 bits per heavy atom. The molecule has 0 saturated carbocycles.